The van der Waals surface area contributed by atoms with E-state index >= 15 is 0 Å². The van der Waals surface area contributed by atoms with Gasteiger partial charge in [0.25, 0.3) is 0 Å². The number of para-hydroxylation sites is 4. The van der Waals surface area contributed by atoms with Crippen molar-refractivity contribution in [3.8, 4) is 62.2 Å². The third-order valence-corrected chi connectivity index (χ3v) is 12.4. The zero-order chi connectivity index (χ0) is 47.9. The smallest absolute Gasteiger partial charge is 0.137 e. The van der Waals surface area contributed by atoms with Crippen molar-refractivity contribution in [2.24, 2.45) is 5.92 Å². The Bertz CT molecular complexity index is 3660. The molecule has 12 bridgehead atoms. The van der Waals surface area contributed by atoms with Crippen LogP contribution in [0.15, 0.2) is 194 Å². The van der Waals surface area contributed by atoms with Gasteiger partial charge in [-0.15, -0.1) is 0 Å². The normalized spacial score (nSPS) is 14.4. The van der Waals surface area contributed by atoms with Gasteiger partial charge in [-0.25, -0.2) is 4.98 Å². The van der Waals surface area contributed by atoms with E-state index in [1.807, 2.05) is 128 Å². The van der Waals surface area contributed by atoms with E-state index in [0.29, 0.717) is 40.9 Å². The lowest BCUT2D eigenvalue weighted by Crippen LogP contribution is -2.25. The third kappa shape index (κ3) is 6.77. The Morgan fingerprint density at radius 3 is 2.09 bits per heavy atom. The van der Waals surface area contributed by atoms with Crippen LogP contribution in [0.1, 0.15) is 31.8 Å². The zero-order valence-electron chi connectivity index (χ0n) is 40.9. The van der Waals surface area contributed by atoms with Crippen LogP contribution in [-0.4, -0.2) is 16.2 Å². The molecule has 0 aliphatic carbocycles. The Morgan fingerprint density at radius 2 is 1.26 bits per heavy atom. The van der Waals surface area contributed by atoms with E-state index in [9.17, 15) is 2.74 Å². The molecule has 4 aliphatic rings. The SMILES string of the molecule is [2H]C([2H])([2H])c1ccc2cc1Oc1ccc3c4ccccc4n(c3c1)-c1cc(C([2H])([2H])C(C)C)c(cn1)-c1ccc(cc1)Oc1cccc(c1)-c1cccc(-c3ccccc3)c1N1CN2c2ccccc21. The van der Waals surface area contributed by atoms with Crippen molar-refractivity contribution >= 4 is 44.6 Å². The van der Waals surface area contributed by atoms with E-state index in [2.05, 4.69) is 82.6 Å². The monoisotopic (exact) mass is 847 g/mol. The number of anilines is 4. The van der Waals surface area contributed by atoms with Gasteiger partial charge < -0.3 is 19.3 Å². The first-order chi connectivity index (χ1) is 33.9. The summed E-state index contributed by atoms with van der Waals surface area (Å²) in [5.41, 5.74) is 11.5. The van der Waals surface area contributed by atoms with E-state index < -0.39 is 13.2 Å². The molecular formula is C59H46N4O2. The van der Waals surface area contributed by atoms with Crippen LogP contribution in [0, 0.1) is 12.8 Å². The minimum absolute atomic E-state index is 0.0862. The zero-order valence-corrected chi connectivity index (χ0v) is 35.9. The summed E-state index contributed by atoms with van der Waals surface area (Å²) in [7, 11) is 0. The number of aromatic nitrogens is 2. The second-order valence-corrected chi connectivity index (χ2v) is 16.9. The van der Waals surface area contributed by atoms with Gasteiger partial charge >= 0.3 is 0 Å². The fourth-order valence-electron chi connectivity index (χ4n) is 9.49. The fourth-order valence-corrected chi connectivity index (χ4v) is 9.49. The summed E-state index contributed by atoms with van der Waals surface area (Å²) in [6, 6.07) is 62.0. The lowest BCUT2D eigenvalue weighted by molar-refractivity contribution is 0.479. The summed E-state index contributed by atoms with van der Waals surface area (Å²) in [4.78, 5) is 9.60. The van der Waals surface area contributed by atoms with Gasteiger partial charge in [-0.05, 0) is 114 Å². The van der Waals surface area contributed by atoms with E-state index in [1.165, 1.54) is 0 Å². The summed E-state index contributed by atoms with van der Waals surface area (Å²) < 4.78 is 60.4. The highest BCUT2D eigenvalue weighted by Gasteiger charge is 2.32. The number of hydrogen-bond donors (Lipinski definition) is 0. The Morgan fingerprint density at radius 1 is 0.569 bits per heavy atom. The molecular weight excluding hydrogens is 797 g/mol. The minimum Gasteiger partial charge on any atom is -0.457 e. The van der Waals surface area contributed by atoms with Gasteiger partial charge in [0.1, 0.15) is 35.5 Å². The van der Waals surface area contributed by atoms with Crippen LogP contribution in [0.2, 0.25) is 0 Å². The Hall–Kier alpha value is -8.09. The van der Waals surface area contributed by atoms with Crippen LogP contribution in [0.5, 0.6) is 23.0 Å². The molecule has 0 unspecified atom stereocenters. The van der Waals surface area contributed by atoms with Crippen molar-refractivity contribution in [2.75, 3.05) is 16.5 Å². The van der Waals surface area contributed by atoms with Crippen LogP contribution in [-0.2, 0) is 6.37 Å². The van der Waals surface area contributed by atoms with Crippen LogP contribution >= 0.6 is 0 Å². The molecule has 0 amide bonds. The van der Waals surface area contributed by atoms with E-state index in [0.717, 1.165) is 72.4 Å². The molecule has 6 nitrogen and oxygen atoms in total. The van der Waals surface area contributed by atoms with Crippen LogP contribution < -0.4 is 19.3 Å². The highest BCUT2D eigenvalue weighted by molar-refractivity contribution is 6.09. The fraction of sp³-hybridized carbons (Fsp3) is 0.102. The number of rotatable bonds is 3. The Kier molecular flexibility index (Phi) is 8.04. The summed E-state index contributed by atoms with van der Waals surface area (Å²) in [6.45, 7) is 1.71. The molecule has 6 heteroatoms. The molecule has 0 radical (unpaired) electrons. The average Bonchev–Trinajstić information content (AvgIpc) is 3.92. The predicted molar refractivity (Wildman–Crippen MR) is 267 cm³/mol. The Balaban J connectivity index is 1.11. The molecule has 8 aromatic carbocycles. The van der Waals surface area contributed by atoms with Gasteiger partial charge in [-0.3, -0.25) is 4.57 Å². The highest BCUT2D eigenvalue weighted by Crippen LogP contribution is 2.51. The molecule has 10 aromatic rings. The quantitative estimate of drug-likeness (QED) is 0.177. The lowest BCUT2D eigenvalue weighted by atomic mass is 9.94. The first kappa shape index (κ1) is 33.5. The summed E-state index contributed by atoms with van der Waals surface area (Å²) in [6.07, 6.45) is 0.0262. The van der Waals surface area contributed by atoms with E-state index in [-0.39, 0.29) is 17.2 Å². The van der Waals surface area contributed by atoms with Crippen molar-refractivity contribution in [3.63, 3.8) is 0 Å². The number of hydrogen-bond acceptors (Lipinski definition) is 5. The first-order valence-electron chi connectivity index (χ1n) is 24.5. The maximum absolute atomic E-state index is 9.49. The summed E-state index contributed by atoms with van der Waals surface area (Å²) >= 11 is 0. The predicted octanol–water partition coefficient (Wildman–Crippen LogP) is 15.8. The standard InChI is InChI=1S/C59H46N4O2/c1-38(2)31-43-33-58-60-36-52(43)41-24-27-45(28-25-41)64-46-16-11-15-42(32-46)49-19-12-18-48(40-13-5-4-6-14-40)59(49)62-37-61(54-21-9-10-22-55(54)62)44-26-23-39(3)57(34-44)65-47-29-30-51-50-17-7-8-20-53(50)63(58)56(51)35-47/h4-30,32-36,38H,31,37H2,1-3H3/i3D3,31D2. The third-order valence-electron chi connectivity index (χ3n) is 12.4. The van der Waals surface area contributed by atoms with Gasteiger partial charge in [0, 0.05) is 58.3 Å². The highest BCUT2D eigenvalue weighted by atomic mass is 16.5. The van der Waals surface area contributed by atoms with E-state index in [1.54, 1.807) is 12.3 Å². The van der Waals surface area contributed by atoms with Crippen molar-refractivity contribution in [2.45, 2.75) is 27.1 Å². The molecule has 2 aromatic heterocycles. The number of benzene rings is 8. The second-order valence-electron chi connectivity index (χ2n) is 16.9. The molecule has 0 N–H and O–H groups in total. The van der Waals surface area contributed by atoms with E-state index in [4.69, 9.17) is 18.6 Å². The average molecular weight is 848 g/mol. The van der Waals surface area contributed by atoms with Crippen LogP contribution in [0.3, 0.4) is 0 Å². The van der Waals surface area contributed by atoms with Gasteiger partial charge in [-0.2, -0.15) is 0 Å². The van der Waals surface area contributed by atoms with Crippen LogP contribution in [0.4, 0.5) is 22.7 Å². The molecule has 0 saturated heterocycles. The topological polar surface area (TPSA) is 42.8 Å². The number of ether oxygens (including phenoxy) is 2. The second kappa shape index (κ2) is 15.6. The van der Waals surface area contributed by atoms with Crippen molar-refractivity contribution in [1.29, 1.82) is 0 Å². The number of aryl methyl sites for hydroxylation is 1. The molecule has 14 rings (SSSR count). The van der Waals surface area contributed by atoms with Crippen molar-refractivity contribution < 1.29 is 16.3 Å². The van der Waals surface area contributed by atoms with Crippen LogP contribution in [0.25, 0.3) is 61.0 Å². The lowest BCUT2D eigenvalue weighted by Gasteiger charge is -2.27. The van der Waals surface area contributed by atoms with Crippen molar-refractivity contribution in [1.82, 2.24) is 9.55 Å². The maximum Gasteiger partial charge on any atom is 0.137 e. The molecule has 0 saturated carbocycles. The van der Waals surface area contributed by atoms with Gasteiger partial charge in [0.05, 0.1) is 28.1 Å². The molecule has 0 spiro atoms. The number of fused-ring (bicyclic) bond motifs is 5. The summed E-state index contributed by atoms with van der Waals surface area (Å²) in [5, 5.41) is 1.92. The van der Waals surface area contributed by atoms with Gasteiger partial charge in [0.15, 0.2) is 0 Å². The molecule has 0 fully saturated rings. The summed E-state index contributed by atoms with van der Waals surface area (Å²) in [5.74, 6) is 2.13. The first-order valence-corrected chi connectivity index (χ1v) is 22.0. The minimum atomic E-state index is -2.48. The molecule has 0 atom stereocenters. The van der Waals surface area contributed by atoms with Gasteiger partial charge in [0.2, 0.25) is 0 Å². The number of pyridine rings is 1. The molecule has 65 heavy (non-hydrogen) atoms. The molecule has 6 heterocycles. The largest absolute Gasteiger partial charge is 0.457 e. The maximum atomic E-state index is 9.49. The van der Waals surface area contributed by atoms with Gasteiger partial charge in [-0.1, -0.05) is 123 Å². The molecule has 4 aliphatic heterocycles. The Labute approximate surface area is 386 Å². The van der Waals surface area contributed by atoms with Crippen molar-refractivity contribution in [3.05, 3.63) is 205 Å². The number of nitrogens with zero attached hydrogens (tertiary/aromatic N) is 4. The molecule has 314 valence electrons.